The van der Waals surface area contributed by atoms with Gasteiger partial charge in [0, 0.05) is 24.3 Å². The first kappa shape index (κ1) is 15.8. The van der Waals surface area contributed by atoms with Crippen LogP contribution in [0.25, 0.3) is 0 Å². The van der Waals surface area contributed by atoms with E-state index in [1.165, 1.54) is 29.7 Å². The summed E-state index contributed by atoms with van der Waals surface area (Å²) in [6, 6.07) is 2.14. The summed E-state index contributed by atoms with van der Waals surface area (Å²) in [4.78, 5) is 16.7. The number of thiophene rings is 1. The molecule has 20 heavy (non-hydrogen) atoms. The quantitative estimate of drug-likeness (QED) is 0.430. The van der Waals surface area contributed by atoms with Crippen molar-refractivity contribution in [3.63, 3.8) is 0 Å². The Morgan fingerprint density at radius 3 is 2.85 bits per heavy atom. The van der Waals surface area contributed by atoms with Crippen LogP contribution in [-0.2, 0) is 12.8 Å². The molecule has 1 heterocycles. The van der Waals surface area contributed by atoms with Gasteiger partial charge in [-0.25, -0.2) is 0 Å². The normalized spacial score (nSPS) is 14.7. The number of unbranched alkanes of at least 4 members (excludes halogenated alkanes) is 2. The topological polar surface area (TPSA) is 20.3 Å². The van der Waals surface area contributed by atoms with Crippen LogP contribution in [0.5, 0.6) is 0 Å². The maximum atomic E-state index is 12.4. The molecular weight excluding hydrogens is 290 g/mol. The lowest BCUT2D eigenvalue weighted by atomic mass is 10.1. The van der Waals surface area contributed by atoms with Crippen molar-refractivity contribution >= 4 is 28.8 Å². The van der Waals surface area contributed by atoms with Gasteiger partial charge in [0.1, 0.15) is 0 Å². The molecule has 0 radical (unpaired) electrons. The van der Waals surface area contributed by atoms with E-state index in [2.05, 4.69) is 6.07 Å². The van der Waals surface area contributed by atoms with Gasteiger partial charge in [-0.05, 0) is 50.2 Å². The number of alkyl halides is 1. The molecule has 0 spiro atoms. The molecule has 0 saturated heterocycles. The summed E-state index contributed by atoms with van der Waals surface area (Å²) in [5, 5.41) is 0. The summed E-state index contributed by atoms with van der Waals surface area (Å²) >= 11 is 7.38. The van der Waals surface area contributed by atoms with E-state index in [-0.39, 0.29) is 5.91 Å². The first-order chi connectivity index (χ1) is 9.72. The molecule has 0 unspecified atom stereocenters. The van der Waals surface area contributed by atoms with Crippen LogP contribution in [0.1, 0.15) is 58.6 Å². The summed E-state index contributed by atoms with van der Waals surface area (Å²) < 4.78 is 0. The van der Waals surface area contributed by atoms with E-state index >= 15 is 0 Å². The molecule has 0 atom stereocenters. The van der Waals surface area contributed by atoms with Crippen molar-refractivity contribution in [3.8, 4) is 0 Å². The van der Waals surface area contributed by atoms with Gasteiger partial charge in [0.15, 0.2) is 0 Å². The van der Waals surface area contributed by atoms with Gasteiger partial charge in [0.25, 0.3) is 5.91 Å². The molecule has 4 heteroatoms. The number of hydrogen-bond donors (Lipinski definition) is 0. The van der Waals surface area contributed by atoms with Crippen molar-refractivity contribution in [1.29, 1.82) is 0 Å². The average molecular weight is 314 g/mol. The van der Waals surface area contributed by atoms with E-state index in [1.54, 1.807) is 11.3 Å². The van der Waals surface area contributed by atoms with E-state index in [0.29, 0.717) is 0 Å². The first-order valence-electron chi connectivity index (χ1n) is 7.65. The molecule has 0 aromatic carbocycles. The number of aryl methyl sites for hydroxylation is 2. The Kier molecular flexibility index (Phi) is 6.37. The molecule has 0 bridgehead atoms. The van der Waals surface area contributed by atoms with Gasteiger partial charge in [-0.3, -0.25) is 4.79 Å². The second-order valence-electron chi connectivity index (χ2n) is 5.60. The average Bonchev–Trinajstić information content (AvgIpc) is 2.73. The van der Waals surface area contributed by atoms with Gasteiger partial charge in [-0.15, -0.1) is 22.9 Å². The van der Waals surface area contributed by atoms with Gasteiger partial charge in [0.2, 0.25) is 0 Å². The van der Waals surface area contributed by atoms with E-state index < -0.39 is 0 Å². The van der Waals surface area contributed by atoms with E-state index in [1.807, 2.05) is 11.9 Å². The Bertz CT molecular complexity index is 420. The third-order valence-electron chi connectivity index (χ3n) is 3.93. The Morgan fingerprint density at radius 1 is 1.25 bits per heavy atom. The molecule has 1 amide bonds. The molecule has 1 aromatic rings. The number of rotatable bonds is 6. The van der Waals surface area contributed by atoms with E-state index in [4.69, 9.17) is 11.6 Å². The zero-order chi connectivity index (χ0) is 14.4. The smallest absolute Gasteiger partial charge is 0.263 e. The summed E-state index contributed by atoms with van der Waals surface area (Å²) in [6.07, 6.45) is 9.36. The molecular formula is C16H24ClNOS. The minimum atomic E-state index is 0.189. The Balaban J connectivity index is 1.91. The van der Waals surface area contributed by atoms with Crippen LogP contribution in [-0.4, -0.2) is 30.3 Å². The Morgan fingerprint density at radius 2 is 2.05 bits per heavy atom. The largest absolute Gasteiger partial charge is 0.341 e. The van der Waals surface area contributed by atoms with Crippen molar-refractivity contribution in [1.82, 2.24) is 4.90 Å². The second kappa shape index (κ2) is 8.04. The van der Waals surface area contributed by atoms with Gasteiger partial charge in [-0.2, -0.15) is 0 Å². The first-order valence-corrected chi connectivity index (χ1v) is 9.00. The third kappa shape index (κ3) is 4.23. The predicted molar refractivity (Wildman–Crippen MR) is 87.1 cm³/mol. The minimum absolute atomic E-state index is 0.189. The van der Waals surface area contributed by atoms with Crippen LogP contribution in [0.15, 0.2) is 6.07 Å². The number of carbonyl (C=O) groups excluding carboxylic acids is 1. The lowest BCUT2D eigenvalue weighted by Gasteiger charge is -2.15. The highest BCUT2D eigenvalue weighted by Crippen LogP contribution is 2.29. The van der Waals surface area contributed by atoms with Crippen LogP contribution in [0.3, 0.4) is 0 Å². The Labute approximate surface area is 131 Å². The molecule has 0 fully saturated rings. The molecule has 2 nitrogen and oxygen atoms in total. The number of halogens is 1. The molecule has 1 aromatic heterocycles. The van der Waals surface area contributed by atoms with Crippen LogP contribution < -0.4 is 0 Å². The summed E-state index contributed by atoms with van der Waals surface area (Å²) in [5.41, 5.74) is 1.42. The Hall–Kier alpha value is -0.540. The number of hydrogen-bond acceptors (Lipinski definition) is 2. The van der Waals surface area contributed by atoms with Gasteiger partial charge >= 0.3 is 0 Å². The fourth-order valence-corrected chi connectivity index (χ4v) is 4.12. The molecule has 1 aliphatic rings. The molecule has 0 N–H and O–H groups in total. The van der Waals surface area contributed by atoms with Gasteiger partial charge < -0.3 is 4.90 Å². The van der Waals surface area contributed by atoms with Crippen LogP contribution in [0.2, 0.25) is 0 Å². The zero-order valence-electron chi connectivity index (χ0n) is 12.3. The number of amides is 1. The fourth-order valence-electron chi connectivity index (χ4n) is 2.68. The monoisotopic (exact) mass is 313 g/mol. The van der Waals surface area contributed by atoms with Crippen LogP contribution >= 0.6 is 22.9 Å². The van der Waals surface area contributed by atoms with Crippen LogP contribution in [0, 0.1) is 0 Å². The number of nitrogens with zero attached hydrogens (tertiary/aromatic N) is 1. The number of carbonyl (C=O) groups is 1. The molecule has 0 saturated carbocycles. The molecule has 2 rings (SSSR count). The SMILES string of the molecule is CN(CCCCCCl)C(=O)c1cc2c(s1)CCCCC2. The van der Waals surface area contributed by atoms with Crippen molar-refractivity contribution in [2.75, 3.05) is 19.5 Å². The van der Waals surface area contributed by atoms with E-state index in [9.17, 15) is 4.79 Å². The second-order valence-corrected chi connectivity index (χ2v) is 7.11. The highest BCUT2D eigenvalue weighted by Gasteiger charge is 2.18. The third-order valence-corrected chi connectivity index (χ3v) is 5.42. The summed E-state index contributed by atoms with van der Waals surface area (Å²) in [6.45, 7) is 0.832. The van der Waals surface area contributed by atoms with Crippen molar-refractivity contribution in [3.05, 3.63) is 21.4 Å². The lowest BCUT2D eigenvalue weighted by molar-refractivity contribution is 0.0797. The van der Waals surface area contributed by atoms with E-state index in [0.717, 1.165) is 49.4 Å². The van der Waals surface area contributed by atoms with Crippen LogP contribution in [0.4, 0.5) is 0 Å². The predicted octanol–water partition coefficient (Wildman–Crippen LogP) is 4.50. The zero-order valence-corrected chi connectivity index (χ0v) is 13.9. The van der Waals surface area contributed by atoms with Crippen molar-refractivity contribution < 1.29 is 4.79 Å². The summed E-state index contributed by atoms with van der Waals surface area (Å²) in [7, 11) is 1.91. The minimum Gasteiger partial charge on any atom is -0.341 e. The highest BCUT2D eigenvalue weighted by molar-refractivity contribution is 7.14. The fraction of sp³-hybridized carbons (Fsp3) is 0.688. The molecule has 1 aliphatic carbocycles. The maximum absolute atomic E-state index is 12.4. The van der Waals surface area contributed by atoms with Crippen molar-refractivity contribution in [2.24, 2.45) is 0 Å². The lowest BCUT2D eigenvalue weighted by Crippen LogP contribution is -2.27. The molecule has 0 aliphatic heterocycles. The number of fused-ring (bicyclic) bond motifs is 1. The standard InChI is InChI=1S/C16H24ClNOS/c1-18(11-7-3-6-10-17)16(19)15-12-13-8-4-2-5-9-14(13)20-15/h12H,2-11H2,1H3. The maximum Gasteiger partial charge on any atom is 0.263 e. The molecule has 112 valence electrons. The van der Waals surface area contributed by atoms with Gasteiger partial charge in [-0.1, -0.05) is 12.8 Å². The van der Waals surface area contributed by atoms with Gasteiger partial charge in [0.05, 0.1) is 4.88 Å². The summed E-state index contributed by atoms with van der Waals surface area (Å²) in [5.74, 6) is 0.906. The van der Waals surface area contributed by atoms with Crippen molar-refractivity contribution in [2.45, 2.75) is 51.4 Å². The highest BCUT2D eigenvalue weighted by atomic mass is 35.5.